The number of amides is 1. The first-order valence-corrected chi connectivity index (χ1v) is 8.72. The highest BCUT2D eigenvalue weighted by Gasteiger charge is 2.19. The third-order valence-corrected chi connectivity index (χ3v) is 5.37. The van der Waals surface area contributed by atoms with E-state index >= 15 is 0 Å². The van der Waals surface area contributed by atoms with Crippen molar-refractivity contribution < 1.29 is 14.3 Å². The summed E-state index contributed by atoms with van der Waals surface area (Å²) in [5, 5.41) is 8.42. The van der Waals surface area contributed by atoms with Crippen LogP contribution in [0.1, 0.15) is 33.9 Å². The molecule has 0 spiro atoms. The maximum atomic E-state index is 12.7. The van der Waals surface area contributed by atoms with E-state index in [1.165, 1.54) is 11.3 Å². The zero-order valence-electron chi connectivity index (χ0n) is 14.9. The van der Waals surface area contributed by atoms with Gasteiger partial charge < -0.3 is 14.8 Å². The van der Waals surface area contributed by atoms with E-state index in [1.54, 1.807) is 18.9 Å². The van der Waals surface area contributed by atoms with Crippen molar-refractivity contribution in [3.05, 3.63) is 40.4 Å². The molecule has 0 aliphatic rings. The maximum absolute atomic E-state index is 12.7. The standard InChI is InChI=1S/C18H21N3O3S/c1-10(13-8-12(23-4)6-7-15(13)24-5)19-17(22)16-9-14-11(2)20-21(3)18(14)25-16/h6-10H,1-5H3,(H,19,22)/t10-/m1/s1. The second-order valence-electron chi connectivity index (χ2n) is 5.84. The predicted molar refractivity (Wildman–Crippen MR) is 98.8 cm³/mol. The minimum Gasteiger partial charge on any atom is -0.497 e. The van der Waals surface area contributed by atoms with Gasteiger partial charge in [0.1, 0.15) is 16.3 Å². The van der Waals surface area contributed by atoms with Crippen molar-refractivity contribution in [2.24, 2.45) is 7.05 Å². The number of fused-ring (bicyclic) bond motifs is 1. The lowest BCUT2D eigenvalue weighted by Crippen LogP contribution is -2.26. The number of aromatic nitrogens is 2. The predicted octanol–water partition coefficient (Wildman–Crippen LogP) is 3.45. The van der Waals surface area contributed by atoms with E-state index in [-0.39, 0.29) is 11.9 Å². The summed E-state index contributed by atoms with van der Waals surface area (Å²) in [7, 11) is 5.11. The van der Waals surface area contributed by atoms with Gasteiger partial charge in [0.05, 0.1) is 30.8 Å². The molecule has 0 radical (unpaired) electrons. The molecule has 1 amide bonds. The molecule has 1 aromatic carbocycles. The fourth-order valence-corrected chi connectivity index (χ4v) is 3.87. The lowest BCUT2D eigenvalue weighted by Gasteiger charge is -2.18. The highest BCUT2D eigenvalue weighted by molar-refractivity contribution is 7.20. The zero-order valence-corrected chi connectivity index (χ0v) is 15.7. The average Bonchev–Trinajstić information content (AvgIpc) is 3.16. The molecule has 3 rings (SSSR count). The van der Waals surface area contributed by atoms with Gasteiger partial charge in [0.15, 0.2) is 0 Å². The Morgan fingerprint density at radius 3 is 2.68 bits per heavy atom. The lowest BCUT2D eigenvalue weighted by molar-refractivity contribution is 0.0943. The first-order valence-electron chi connectivity index (χ1n) is 7.90. The molecule has 1 N–H and O–H groups in total. The van der Waals surface area contributed by atoms with Crippen LogP contribution in [0.4, 0.5) is 0 Å². The minimum absolute atomic E-state index is 0.113. The van der Waals surface area contributed by atoms with Crippen LogP contribution in [-0.4, -0.2) is 29.9 Å². The normalized spacial score (nSPS) is 12.2. The monoisotopic (exact) mass is 359 g/mol. The number of rotatable bonds is 5. The summed E-state index contributed by atoms with van der Waals surface area (Å²) in [6.45, 7) is 3.87. The number of benzene rings is 1. The van der Waals surface area contributed by atoms with Gasteiger partial charge in [0.25, 0.3) is 5.91 Å². The Kier molecular flexibility index (Phi) is 4.67. The molecular formula is C18H21N3O3S. The Balaban J connectivity index is 1.85. The lowest BCUT2D eigenvalue weighted by atomic mass is 10.1. The van der Waals surface area contributed by atoms with E-state index in [9.17, 15) is 4.79 Å². The molecule has 1 atom stereocenters. The van der Waals surface area contributed by atoms with Crippen LogP contribution < -0.4 is 14.8 Å². The highest BCUT2D eigenvalue weighted by atomic mass is 32.1. The van der Waals surface area contributed by atoms with Gasteiger partial charge in [-0.2, -0.15) is 5.10 Å². The van der Waals surface area contributed by atoms with Crippen LogP contribution in [0, 0.1) is 6.92 Å². The molecule has 0 fully saturated rings. The molecule has 3 aromatic rings. The summed E-state index contributed by atoms with van der Waals surface area (Å²) in [6, 6.07) is 7.22. The van der Waals surface area contributed by atoms with E-state index in [0.29, 0.717) is 10.6 Å². The van der Waals surface area contributed by atoms with E-state index in [0.717, 1.165) is 27.2 Å². The molecular weight excluding hydrogens is 338 g/mol. The number of carbonyl (C=O) groups is 1. The molecule has 132 valence electrons. The van der Waals surface area contributed by atoms with E-state index in [4.69, 9.17) is 9.47 Å². The van der Waals surface area contributed by atoms with Crippen LogP contribution in [0.15, 0.2) is 24.3 Å². The number of aryl methyl sites for hydroxylation is 2. The molecule has 0 aliphatic carbocycles. The smallest absolute Gasteiger partial charge is 0.261 e. The van der Waals surface area contributed by atoms with Crippen molar-refractivity contribution >= 4 is 27.5 Å². The Hall–Kier alpha value is -2.54. The molecule has 0 saturated carbocycles. The van der Waals surface area contributed by atoms with Crippen molar-refractivity contribution in [3.63, 3.8) is 0 Å². The molecule has 6 nitrogen and oxygen atoms in total. The molecule has 0 unspecified atom stereocenters. The largest absolute Gasteiger partial charge is 0.497 e. The SMILES string of the molecule is COc1ccc(OC)c([C@@H](C)NC(=O)c2cc3c(C)nn(C)c3s2)c1. The highest BCUT2D eigenvalue weighted by Crippen LogP contribution is 2.31. The van der Waals surface area contributed by atoms with Crippen LogP contribution in [0.5, 0.6) is 11.5 Å². The number of hydrogen-bond acceptors (Lipinski definition) is 5. The van der Waals surface area contributed by atoms with Gasteiger partial charge in [-0.25, -0.2) is 0 Å². The summed E-state index contributed by atoms with van der Waals surface area (Å²) >= 11 is 1.44. The Bertz CT molecular complexity index is 895. The molecule has 0 bridgehead atoms. The van der Waals surface area contributed by atoms with Crippen molar-refractivity contribution in [1.82, 2.24) is 15.1 Å². The second-order valence-corrected chi connectivity index (χ2v) is 6.87. The molecule has 0 saturated heterocycles. The first-order chi connectivity index (χ1) is 11.9. The molecule has 25 heavy (non-hydrogen) atoms. The average molecular weight is 359 g/mol. The van der Waals surface area contributed by atoms with Gasteiger partial charge in [-0.15, -0.1) is 11.3 Å². The van der Waals surface area contributed by atoms with E-state index in [1.807, 2.05) is 45.2 Å². The zero-order chi connectivity index (χ0) is 18.1. The number of carbonyl (C=O) groups excluding carboxylic acids is 1. The summed E-state index contributed by atoms with van der Waals surface area (Å²) in [6.07, 6.45) is 0. The topological polar surface area (TPSA) is 65.4 Å². The van der Waals surface area contributed by atoms with Crippen molar-refractivity contribution in [3.8, 4) is 11.5 Å². The number of ether oxygens (including phenoxy) is 2. The van der Waals surface area contributed by atoms with Gasteiger partial charge in [0.2, 0.25) is 0 Å². The molecule has 0 aliphatic heterocycles. The fraction of sp³-hybridized carbons (Fsp3) is 0.333. The third-order valence-electron chi connectivity index (χ3n) is 4.17. The van der Waals surface area contributed by atoms with E-state index < -0.39 is 0 Å². The number of nitrogens with zero attached hydrogens (tertiary/aromatic N) is 2. The third kappa shape index (κ3) is 3.19. The maximum Gasteiger partial charge on any atom is 0.261 e. The van der Waals surface area contributed by atoms with Crippen LogP contribution in [0.3, 0.4) is 0 Å². The van der Waals surface area contributed by atoms with Crippen LogP contribution in [0.25, 0.3) is 10.2 Å². The molecule has 2 aromatic heterocycles. The molecule has 2 heterocycles. The summed E-state index contributed by atoms with van der Waals surface area (Å²) in [4.78, 5) is 14.3. The Labute approximate surface area is 150 Å². The number of thiophene rings is 1. The Morgan fingerprint density at radius 1 is 1.28 bits per heavy atom. The molecule has 7 heteroatoms. The Morgan fingerprint density at radius 2 is 2.04 bits per heavy atom. The quantitative estimate of drug-likeness (QED) is 0.758. The number of nitrogens with one attached hydrogen (secondary N) is 1. The van der Waals surface area contributed by atoms with Crippen LogP contribution >= 0.6 is 11.3 Å². The van der Waals surface area contributed by atoms with Gasteiger partial charge >= 0.3 is 0 Å². The van der Waals surface area contributed by atoms with Crippen molar-refractivity contribution in [1.29, 1.82) is 0 Å². The van der Waals surface area contributed by atoms with Crippen LogP contribution in [0.2, 0.25) is 0 Å². The van der Waals surface area contributed by atoms with Gasteiger partial charge in [-0.1, -0.05) is 0 Å². The first kappa shape index (κ1) is 17.3. The number of hydrogen-bond donors (Lipinski definition) is 1. The van der Waals surface area contributed by atoms with E-state index in [2.05, 4.69) is 10.4 Å². The summed E-state index contributed by atoms with van der Waals surface area (Å²) < 4.78 is 12.5. The number of methoxy groups -OCH3 is 2. The van der Waals surface area contributed by atoms with Crippen molar-refractivity contribution in [2.75, 3.05) is 14.2 Å². The van der Waals surface area contributed by atoms with Crippen LogP contribution in [-0.2, 0) is 7.05 Å². The summed E-state index contributed by atoms with van der Waals surface area (Å²) in [5.74, 6) is 1.32. The van der Waals surface area contributed by atoms with Crippen molar-refractivity contribution in [2.45, 2.75) is 19.9 Å². The fourth-order valence-electron chi connectivity index (χ4n) is 2.84. The second kappa shape index (κ2) is 6.76. The van der Waals surface area contributed by atoms with Gasteiger partial charge in [-0.3, -0.25) is 9.48 Å². The van der Waals surface area contributed by atoms with Gasteiger partial charge in [-0.05, 0) is 38.1 Å². The minimum atomic E-state index is -0.220. The summed E-state index contributed by atoms with van der Waals surface area (Å²) in [5.41, 5.74) is 1.80. The van der Waals surface area contributed by atoms with Gasteiger partial charge in [0, 0.05) is 18.0 Å².